The number of fused-ring (bicyclic) bond motifs is 1. The topological polar surface area (TPSA) is 138 Å². The SMILES string of the molecule is CCCSc1nc(NC2CC2c2ccc(OC)c(C)c2)c2nnn([C@H]3C[C@@H](O)[C@H](O)[C@@H]3O)c2n1. The fourth-order valence-electron chi connectivity index (χ4n) is 4.65. The minimum Gasteiger partial charge on any atom is -0.496 e. The van der Waals surface area contributed by atoms with E-state index in [-0.39, 0.29) is 12.5 Å². The second-order valence-electron chi connectivity index (χ2n) is 9.08. The molecule has 6 atom stereocenters. The third kappa shape index (κ3) is 4.21. The lowest BCUT2D eigenvalue weighted by Crippen LogP contribution is -2.31. The molecule has 0 spiro atoms. The number of anilines is 1. The van der Waals surface area contributed by atoms with Crippen molar-refractivity contribution in [1.29, 1.82) is 0 Å². The predicted octanol–water partition coefficient (Wildman–Crippen LogP) is 2.04. The van der Waals surface area contributed by atoms with Crippen molar-refractivity contribution in [3.8, 4) is 5.75 Å². The fourth-order valence-corrected chi connectivity index (χ4v) is 5.34. The van der Waals surface area contributed by atoms with E-state index in [2.05, 4.69) is 39.7 Å². The number of aliphatic hydroxyl groups excluding tert-OH is 3. The van der Waals surface area contributed by atoms with E-state index in [0.29, 0.717) is 28.1 Å². The standard InChI is InChI=1S/C23H30N6O4S/c1-4-7-34-23-25-21(24-14-9-13(14)12-5-6-17(33-3)11(2)8-12)18-22(26-23)29(28-27-18)15-10-16(30)20(32)19(15)31/h5-6,8,13-16,19-20,30-32H,4,7,9-10H2,1-3H3,(H,24,25,26)/t13?,14?,15-,16+,19+,20-/m0/s1. The molecule has 0 bridgehead atoms. The van der Waals surface area contributed by atoms with E-state index in [4.69, 9.17) is 9.72 Å². The number of hydrogen-bond acceptors (Lipinski definition) is 10. The Balaban J connectivity index is 1.44. The van der Waals surface area contributed by atoms with Gasteiger partial charge in [-0.1, -0.05) is 36.0 Å². The van der Waals surface area contributed by atoms with E-state index < -0.39 is 24.4 Å². The van der Waals surface area contributed by atoms with Crippen molar-refractivity contribution >= 4 is 28.7 Å². The molecule has 2 heterocycles. The van der Waals surface area contributed by atoms with E-state index in [1.165, 1.54) is 10.2 Å². The highest BCUT2D eigenvalue weighted by atomic mass is 32.2. The Labute approximate surface area is 201 Å². The highest BCUT2D eigenvalue weighted by Gasteiger charge is 2.44. The molecule has 10 nitrogen and oxygen atoms in total. The molecule has 1 aromatic carbocycles. The molecule has 0 amide bonds. The Kier molecular flexibility index (Phi) is 6.36. The number of nitrogens with one attached hydrogen (secondary N) is 1. The first-order valence-electron chi connectivity index (χ1n) is 11.6. The molecule has 4 N–H and O–H groups in total. The number of methoxy groups -OCH3 is 1. The molecular weight excluding hydrogens is 456 g/mol. The summed E-state index contributed by atoms with van der Waals surface area (Å²) in [7, 11) is 1.68. The summed E-state index contributed by atoms with van der Waals surface area (Å²) in [5.41, 5.74) is 3.36. The van der Waals surface area contributed by atoms with Crippen LogP contribution in [0.25, 0.3) is 11.2 Å². The Morgan fingerprint density at radius 2 is 2.00 bits per heavy atom. The van der Waals surface area contributed by atoms with E-state index in [9.17, 15) is 15.3 Å². The van der Waals surface area contributed by atoms with Crippen LogP contribution in [0, 0.1) is 6.92 Å². The molecule has 34 heavy (non-hydrogen) atoms. The second kappa shape index (κ2) is 9.29. The smallest absolute Gasteiger partial charge is 0.191 e. The minimum absolute atomic E-state index is 0.173. The summed E-state index contributed by atoms with van der Waals surface area (Å²) in [6, 6.07) is 5.87. The predicted molar refractivity (Wildman–Crippen MR) is 128 cm³/mol. The van der Waals surface area contributed by atoms with Gasteiger partial charge in [0.15, 0.2) is 22.1 Å². The second-order valence-corrected chi connectivity index (χ2v) is 10.1. The zero-order valence-corrected chi connectivity index (χ0v) is 20.2. The van der Waals surface area contributed by atoms with Gasteiger partial charge in [-0.2, -0.15) is 0 Å². The monoisotopic (exact) mass is 486 g/mol. The highest BCUT2D eigenvalue weighted by molar-refractivity contribution is 7.99. The highest BCUT2D eigenvalue weighted by Crippen LogP contribution is 2.44. The third-order valence-electron chi connectivity index (χ3n) is 6.63. The zero-order valence-electron chi connectivity index (χ0n) is 19.4. The minimum atomic E-state index is -1.22. The first kappa shape index (κ1) is 23.3. The van der Waals surface area contributed by atoms with Gasteiger partial charge in [-0.25, -0.2) is 14.6 Å². The van der Waals surface area contributed by atoms with Crippen LogP contribution in [0.1, 0.15) is 49.3 Å². The Morgan fingerprint density at radius 3 is 2.68 bits per heavy atom. The number of nitrogens with zero attached hydrogens (tertiary/aromatic N) is 5. The summed E-state index contributed by atoms with van der Waals surface area (Å²) < 4.78 is 6.89. The van der Waals surface area contributed by atoms with Crippen LogP contribution < -0.4 is 10.1 Å². The molecule has 0 aliphatic heterocycles. The first-order chi connectivity index (χ1) is 16.4. The molecule has 0 saturated heterocycles. The number of benzene rings is 1. The number of rotatable bonds is 8. The first-order valence-corrected chi connectivity index (χ1v) is 12.6. The van der Waals surface area contributed by atoms with Gasteiger partial charge in [-0.05, 0) is 37.0 Å². The van der Waals surface area contributed by atoms with Crippen molar-refractivity contribution in [2.24, 2.45) is 0 Å². The summed E-state index contributed by atoms with van der Waals surface area (Å²) in [6.07, 6.45) is -1.27. The molecule has 5 rings (SSSR count). The Bertz CT molecular complexity index is 1190. The number of thioether (sulfide) groups is 1. The maximum Gasteiger partial charge on any atom is 0.191 e. The van der Waals surface area contributed by atoms with E-state index in [0.717, 1.165) is 29.9 Å². The number of ether oxygens (including phenoxy) is 1. The lowest BCUT2D eigenvalue weighted by molar-refractivity contribution is -0.0253. The van der Waals surface area contributed by atoms with E-state index >= 15 is 0 Å². The Morgan fingerprint density at radius 1 is 1.18 bits per heavy atom. The van der Waals surface area contributed by atoms with Crippen LogP contribution in [0.2, 0.25) is 0 Å². The number of aromatic nitrogens is 5. The molecule has 3 aromatic rings. The zero-order chi connectivity index (χ0) is 24.0. The maximum atomic E-state index is 10.4. The van der Waals surface area contributed by atoms with Crippen molar-refractivity contribution in [2.75, 3.05) is 18.2 Å². The van der Waals surface area contributed by atoms with Crippen LogP contribution in [0.5, 0.6) is 5.75 Å². The van der Waals surface area contributed by atoms with Crippen LogP contribution in [0.15, 0.2) is 23.4 Å². The third-order valence-corrected chi connectivity index (χ3v) is 7.69. The lowest BCUT2D eigenvalue weighted by atomic mass is 10.1. The molecule has 2 aromatic heterocycles. The van der Waals surface area contributed by atoms with Crippen molar-refractivity contribution in [3.63, 3.8) is 0 Å². The van der Waals surface area contributed by atoms with Gasteiger partial charge >= 0.3 is 0 Å². The van der Waals surface area contributed by atoms with Crippen LogP contribution in [-0.4, -0.2) is 77.5 Å². The molecule has 2 saturated carbocycles. The van der Waals surface area contributed by atoms with Gasteiger partial charge in [-0.15, -0.1) is 5.10 Å². The van der Waals surface area contributed by atoms with Gasteiger partial charge in [0.1, 0.15) is 18.0 Å². The molecule has 2 unspecified atom stereocenters. The van der Waals surface area contributed by atoms with Gasteiger partial charge in [0.2, 0.25) is 0 Å². The van der Waals surface area contributed by atoms with Crippen LogP contribution >= 0.6 is 11.8 Å². The van der Waals surface area contributed by atoms with Gasteiger partial charge in [0.05, 0.1) is 19.3 Å². The van der Waals surface area contributed by atoms with Gasteiger partial charge in [0, 0.05) is 24.1 Å². The lowest BCUT2D eigenvalue weighted by Gasteiger charge is -2.16. The van der Waals surface area contributed by atoms with Crippen molar-refractivity contribution in [3.05, 3.63) is 29.3 Å². The molecule has 2 fully saturated rings. The summed E-state index contributed by atoms with van der Waals surface area (Å²) in [5, 5.41) is 43.2. The fraction of sp³-hybridized carbons (Fsp3) is 0.565. The molecule has 0 radical (unpaired) electrons. The average molecular weight is 487 g/mol. The van der Waals surface area contributed by atoms with Gasteiger partial charge in [0.25, 0.3) is 0 Å². The van der Waals surface area contributed by atoms with Gasteiger partial charge in [-0.3, -0.25) is 0 Å². The molecule has 2 aliphatic rings. The average Bonchev–Trinajstić information content (AvgIpc) is 3.39. The summed E-state index contributed by atoms with van der Waals surface area (Å²) in [5.74, 6) is 2.72. The Hall–Kier alpha value is -2.47. The number of aliphatic hydroxyl groups is 3. The van der Waals surface area contributed by atoms with Gasteiger partial charge < -0.3 is 25.4 Å². The summed E-state index contributed by atoms with van der Waals surface area (Å²) in [6.45, 7) is 4.14. The van der Waals surface area contributed by atoms with Crippen molar-refractivity contribution in [2.45, 2.75) is 74.6 Å². The number of hydrogen-bond donors (Lipinski definition) is 4. The quantitative estimate of drug-likeness (QED) is 0.276. The van der Waals surface area contributed by atoms with Crippen LogP contribution in [0.3, 0.4) is 0 Å². The summed E-state index contributed by atoms with van der Waals surface area (Å²) in [4.78, 5) is 9.38. The van der Waals surface area contributed by atoms with Crippen molar-refractivity contribution in [1.82, 2.24) is 25.0 Å². The number of aryl methyl sites for hydroxylation is 1. The van der Waals surface area contributed by atoms with E-state index in [1.54, 1.807) is 18.9 Å². The van der Waals surface area contributed by atoms with Crippen molar-refractivity contribution < 1.29 is 20.1 Å². The largest absolute Gasteiger partial charge is 0.496 e. The van der Waals surface area contributed by atoms with Crippen LogP contribution in [-0.2, 0) is 0 Å². The van der Waals surface area contributed by atoms with Crippen LogP contribution in [0.4, 0.5) is 5.82 Å². The maximum absolute atomic E-state index is 10.4. The molecular formula is C23H30N6O4S. The molecule has 11 heteroatoms. The molecule has 182 valence electrons. The van der Waals surface area contributed by atoms with E-state index in [1.807, 2.05) is 13.0 Å². The normalized spacial score (nSPS) is 28.4. The summed E-state index contributed by atoms with van der Waals surface area (Å²) >= 11 is 1.55. The molecule has 2 aliphatic carbocycles.